The second-order valence-corrected chi connectivity index (χ2v) is 2.82. The van der Waals surface area contributed by atoms with E-state index in [1.54, 1.807) is 7.11 Å². The molecule has 0 bridgehead atoms. The van der Waals surface area contributed by atoms with E-state index >= 15 is 0 Å². The largest absolute Gasteiger partial charge is 0.492 e. The third-order valence-electron chi connectivity index (χ3n) is 1.65. The lowest BCUT2D eigenvalue weighted by atomic mass is 9.98. The zero-order valence-electron chi connectivity index (χ0n) is 8.33. The van der Waals surface area contributed by atoms with Crippen molar-refractivity contribution in [1.82, 2.24) is 4.98 Å². The highest BCUT2D eigenvalue weighted by Crippen LogP contribution is 2.14. The molecule has 1 rings (SSSR count). The molecule has 1 aromatic rings. The van der Waals surface area contributed by atoms with E-state index in [0.717, 1.165) is 16.9 Å². The number of hydrogen-bond acceptors (Lipinski definition) is 3. The molecule has 0 aliphatic heterocycles. The average Bonchev–Trinajstić information content (AvgIpc) is 2.10. The van der Waals surface area contributed by atoms with Gasteiger partial charge in [-0.1, -0.05) is 5.46 Å². The van der Waals surface area contributed by atoms with Gasteiger partial charge < -0.3 is 9.47 Å². The molecule has 0 N–H and O–H groups in total. The first-order chi connectivity index (χ1) is 6.27. The molecule has 13 heavy (non-hydrogen) atoms. The van der Waals surface area contributed by atoms with Crippen LogP contribution < -0.4 is 10.2 Å². The van der Waals surface area contributed by atoms with E-state index in [0.29, 0.717) is 13.2 Å². The lowest BCUT2D eigenvalue weighted by Crippen LogP contribution is -2.09. The van der Waals surface area contributed by atoms with Crippen molar-refractivity contribution in [3.63, 3.8) is 0 Å². The van der Waals surface area contributed by atoms with Crippen LogP contribution in [-0.2, 0) is 11.3 Å². The van der Waals surface area contributed by atoms with Crippen molar-refractivity contribution < 1.29 is 9.47 Å². The van der Waals surface area contributed by atoms with Gasteiger partial charge in [0, 0.05) is 13.3 Å². The first-order valence-corrected chi connectivity index (χ1v) is 4.35. The number of rotatable bonds is 4. The number of nitrogens with zero attached hydrogens (tertiary/aromatic N) is 1. The molecule has 0 aliphatic rings. The molecule has 0 unspecified atom stereocenters. The molecular formula is C9H14BNO2. The van der Waals surface area contributed by atoms with Crippen molar-refractivity contribution >= 4 is 13.3 Å². The molecule has 1 aromatic heterocycles. The van der Waals surface area contributed by atoms with Gasteiger partial charge in [-0.05, 0) is 13.0 Å². The zero-order chi connectivity index (χ0) is 9.68. The summed E-state index contributed by atoms with van der Waals surface area (Å²) in [5, 5.41) is 0. The molecule has 0 radical (unpaired) electrons. The van der Waals surface area contributed by atoms with Gasteiger partial charge in [0.25, 0.3) is 0 Å². The molecule has 1 heterocycles. The van der Waals surface area contributed by atoms with Gasteiger partial charge in [0.1, 0.15) is 19.3 Å². The molecule has 70 valence electrons. The highest BCUT2D eigenvalue weighted by molar-refractivity contribution is 6.32. The fraction of sp³-hybridized carbons (Fsp3) is 0.444. The van der Waals surface area contributed by atoms with Crippen LogP contribution in [0, 0.1) is 0 Å². The standard InChI is InChI=1S/C9H14BNO2/c1-3-13-9-4-7(10)5-11-8(9)6-12-2/h4-5H,3,6,10H2,1-2H3. The summed E-state index contributed by atoms with van der Waals surface area (Å²) in [7, 11) is 3.64. The SMILES string of the molecule is Bc1cnc(COC)c(OCC)c1. The first-order valence-electron chi connectivity index (χ1n) is 4.35. The van der Waals surface area contributed by atoms with Crippen LogP contribution in [0.3, 0.4) is 0 Å². The molecule has 4 heteroatoms. The van der Waals surface area contributed by atoms with Crippen molar-refractivity contribution in [2.45, 2.75) is 13.5 Å². The predicted octanol–water partition coefficient (Wildman–Crippen LogP) is -0.115. The van der Waals surface area contributed by atoms with Crippen LogP contribution in [-0.4, -0.2) is 26.5 Å². The molecule has 0 saturated heterocycles. The molecule has 0 spiro atoms. The number of ether oxygens (including phenoxy) is 2. The van der Waals surface area contributed by atoms with Crippen molar-refractivity contribution in [3.8, 4) is 5.75 Å². The minimum absolute atomic E-state index is 0.496. The summed E-state index contributed by atoms with van der Waals surface area (Å²) in [5.74, 6) is 0.823. The highest BCUT2D eigenvalue weighted by Gasteiger charge is 2.04. The Hall–Kier alpha value is -1.03. The summed E-state index contributed by atoms with van der Waals surface area (Å²) in [6.07, 6.45) is 1.82. The average molecular weight is 179 g/mol. The maximum atomic E-state index is 5.43. The number of methoxy groups -OCH3 is 1. The van der Waals surface area contributed by atoms with Crippen molar-refractivity contribution in [3.05, 3.63) is 18.0 Å². The van der Waals surface area contributed by atoms with Gasteiger partial charge in [-0.15, -0.1) is 0 Å². The van der Waals surface area contributed by atoms with Crippen molar-refractivity contribution in [1.29, 1.82) is 0 Å². The third kappa shape index (κ3) is 2.74. The van der Waals surface area contributed by atoms with Gasteiger partial charge >= 0.3 is 0 Å². The van der Waals surface area contributed by atoms with Gasteiger partial charge in [-0.25, -0.2) is 0 Å². The fourth-order valence-corrected chi connectivity index (χ4v) is 1.10. The highest BCUT2D eigenvalue weighted by atomic mass is 16.5. The van der Waals surface area contributed by atoms with E-state index in [-0.39, 0.29) is 0 Å². The Morgan fingerprint density at radius 1 is 1.54 bits per heavy atom. The topological polar surface area (TPSA) is 31.4 Å². The molecule has 0 amide bonds. The van der Waals surface area contributed by atoms with E-state index in [2.05, 4.69) is 4.98 Å². The Balaban J connectivity index is 2.89. The van der Waals surface area contributed by atoms with Gasteiger partial charge in [0.05, 0.1) is 13.2 Å². The van der Waals surface area contributed by atoms with Crippen molar-refractivity contribution in [2.24, 2.45) is 0 Å². The number of pyridine rings is 1. The van der Waals surface area contributed by atoms with Crippen LogP contribution in [0.1, 0.15) is 12.6 Å². The lowest BCUT2D eigenvalue weighted by Gasteiger charge is -2.08. The molecule has 0 fully saturated rings. The minimum atomic E-state index is 0.496. The summed E-state index contributed by atoms with van der Waals surface area (Å²) >= 11 is 0. The van der Waals surface area contributed by atoms with Gasteiger partial charge in [-0.3, -0.25) is 4.98 Å². The predicted molar refractivity (Wildman–Crippen MR) is 54.3 cm³/mol. The lowest BCUT2D eigenvalue weighted by molar-refractivity contribution is 0.176. The van der Waals surface area contributed by atoms with Crippen molar-refractivity contribution in [2.75, 3.05) is 13.7 Å². The summed E-state index contributed by atoms with van der Waals surface area (Å²) in [5.41, 5.74) is 1.96. The normalized spacial score (nSPS) is 10.0. The Morgan fingerprint density at radius 2 is 2.31 bits per heavy atom. The molecule has 0 aliphatic carbocycles. The monoisotopic (exact) mass is 179 g/mol. The second kappa shape index (κ2) is 4.87. The van der Waals surface area contributed by atoms with E-state index in [4.69, 9.17) is 9.47 Å². The number of hydrogen-bond donors (Lipinski definition) is 0. The van der Waals surface area contributed by atoms with Crippen LogP contribution in [0.4, 0.5) is 0 Å². The van der Waals surface area contributed by atoms with Gasteiger partial charge in [0.15, 0.2) is 0 Å². The fourth-order valence-electron chi connectivity index (χ4n) is 1.10. The smallest absolute Gasteiger partial charge is 0.142 e. The molecular weight excluding hydrogens is 165 g/mol. The Morgan fingerprint density at radius 3 is 2.92 bits per heavy atom. The molecule has 0 aromatic carbocycles. The third-order valence-corrected chi connectivity index (χ3v) is 1.65. The molecule has 0 atom stereocenters. The van der Waals surface area contributed by atoms with Crippen LogP contribution in [0.15, 0.2) is 12.3 Å². The van der Waals surface area contributed by atoms with Crippen LogP contribution >= 0.6 is 0 Å². The second-order valence-electron chi connectivity index (χ2n) is 2.82. The minimum Gasteiger partial charge on any atom is -0.492 e. The maximum Gasteiger partial charge on any atom is 0.142 e. The van der Waals surface area contributed by atoms with E-state index in [1.165, 1.54) is 0 Å². The Bertz CT molecular complexity index is 278. The van der Waals surface area contributed by atoms with E-state index in [9.17, 15) is 0 Å². The van der Waals surface area contributed by atoms with Gasteiger partial charge in [0.2, 0.25) is 0 Å². The van der Waals surface area contributed by atoms with Gasteiger partial charge in [-0.2, -0.15) is 0 Å². The first kappa shape index (κ1) is 10.1. The Labute approximate surface area is 79.5 Å². The Kier molecular flexibility index (Phi) is 3.77. The van der Waals surface area contributed by atoms with Crippen LogP contribution in [0.25, 0.3) is 0 Å². The summed E-state index contributed by atoms with van der Waals surface area (Å²) in [6.45, 7) is 3.11. The quantitative estimate of drug-likeness (QED) is 0.604. The van der Waals surface area contributed by atoms with Crippen LogP contribution in [0.5, 0.6) is 5.75 Å². The summed E-state index contributed by atoms with van der Waals surface area (Å²) in [6, 6.07) is 1.98. The summed E-state index contributed by atoms with van der Waals surface area (Å²) < 4.78 is 10.4. The van der Waals surface area contributed by atoms with E-state index < -0.39 is 0 Å². The summed E-state index contributed by atoms with van der Waals surface area (Å²) in [4.78, 5) is 4.24. The molecule has 0 saturated carbocycles. The number of aromatic nitrogens is 1. The molecule has 3 nitrogen and oxygen atoms in total. The maximum absolute atomic E-state index is 5.43. The van der Waals surface area contributed by atoms with E-state index in [1.807, 2.05) is 27.0 Å². The zero-order valence-corrected chi connectivity index (χ0v) is 8.33. The van der Waals surface area contributed by atoms with Crippen LogP contribution in [0.2, 0.25) is 0 Å².